The average Bonchev–Trinajstić information content (AvgIpc) is 3.05. The van der Waals surface area contributed by atoms with Crippen molar-refractivity contribution >= 4 is 57.9 Å². The van der Waals surface area contributed by atoms with Crippen LogP contribution in [0.4, 0.5) is 5.69 Å². The van der Waals surface area contributed by atoms with Crippen LogP contribution < -0.4 is 9.64 Å². The number of anilines is 1. The summed E-state index contributed by atoms with van der Waals surface area (Å²) in [6, 6.07) is 14.4. The summed E-state index contributed by atoms with van der Waals surface area (Å²) in [5.41, 5.74) is 2.77. The largest absolute Gasteiger partial charge is 0.507 e. The molecule has 0 aliphatic carbocycles. The summed E-state index contributed by atoms with van der Waals surface area (Å²) >= 11 is 18.6. The molecule has 3 aromatic carbocycles. The molecule has 1 amide bonds. The first kappa shape index (κ1) is 24.1. The molecule has 1 unspecified atom stereocenters. The number of halogens is 3. The standard InChI is InChI=1S/C26H20Cl3NO4/c1-13-10-17(25(34-3)20(29)11-13)23(31)21-22(16-7-5-4-6-14(16)2)30(26(33)24(21)32)15-8-9-18(27)19(28)12-15/h4-12,22,31H,1-3H3/b23-21+. The number of methoxy groups -OCH3 is 1. The fourth-order valence-corrected chi connectivity index (χ4v) is 4.82. The third-order valence-corrected chi connectivity index (χ3v) is 6.78. The van der Waals surface area contributed by atoms with E-state index in [2.05, 4.69) is 0 Å². The Morgan fingerprint density at radius 3 is 2.29 bits per heavy atom. The van der Waals surface area contributed by atoms with Crippen molar-refractivity contribution in [2.24, 2.45) is 0 Å². The van der Waals surface area contributed by atoms with Crippen molar-refractivity contribution in [1.29, 1.82) is 0 Å². The number of carbonyl (C=O) groups is 2. The molecule has 0 aromatic heterocycles. The maximum Gasteiger partial charge on any atom is 0.300 e. The van der Waals surface area contributed by atoms with Gasteiger partial charge in [-0.25, -0.2) is 0 Å². The maximum atomic E-state index is 13.4. The molecule has 1 aliphatic rings. The number of aryl methyl sites for hydroxylation is 2. The molecule has 174 valence electrons. The molecule has 1 saturated heterocycles. The van der Waals surface area contributed by atoms with E-state index in [0.717, 1.165) is 11.1 Å². The zero-order valence-electron chi connectivity index (χ0n) is 18.5. The van der Waals surface area contributed by atoms with Gasteiger partial charge in [-0.15, -0.1) is 0 Å². The van der Waals surface area contributed by atoms with Crippen molar-refractivity contribution in [3.8, 4) is 5.75 Å². The van der Waals surface area contributed by atoms with Gasteiger partial charge in [0.15, 0.2) is 0 Å². The monoisotopic (exact) mass is 515 g/mol. The fraction of sp³-hybridized carbons (Fsp3) is 0.154. The Balaban J connectivity index is 2.04. The number of amides is 1. The van der Waals surface area contributed by atoms with Crippen molar-refractivity contribution in [2.45, 2.75) is 19.9 Å². The molecule has 1 aliphatic heterocycles. The first-order chi connectivity index (χ1) is 16.1. The average molecular weight is 517 g/mol. The van der Waals surface area contributed by atoms with Crippen molar-refractivity contribution in [3.05, 3.63) is 97.5 Å². The lowest BCUT2D eigenvalue weighted by Gasteiger charge is -2.27. The Morgan fingerprint density at radius 1 is 0.941 bits per heavy atom. The minimum absolute atomic E-state index is 0.0784. The van der Waals surface area contributed by atoms with Gasteiger partial charge in [-0.3, -0.25) is 14.5 Å². The van der Waals surface area contributed by atoms with Crippen LogP contribution in [0, 0.1) is 13.8 Å². The first-order valence-corrected chi connectivity index (χ1v) is 11.4. The van der Waals surface area contributed by atoms with Gasteiger partial charge in [0.25, 0.3) is 11.7 Å². The molecule has 1 fully saturated rings. The third kappa shape index (κ3) is 4.05. The topological polar surface area (TPSA) is 66.8 Å². The van der Waals surface area contributed by atoms with Gasteiger partial charge in [-0.05, 0) is 60.9 Å². The summed E-state index contributed by atoms with van der Waals surface area (Å²) in [5.74, 6) is -1.81. The predicted molar refractivity (Wildman–Crippen MR) is 135 cm³/mol. The van der Waals surface area contributed by atoms with Crippen LogP contribution in [0.3, 0.4) is 0 Å². The number of hydrogen-bond donors (Lipinski definition) is 1. The van der Waals surface area contributed by atoms with Crippen LogP contribution in [0.2, 0.25) is 15.1 Å². The molecule has 8 heteroatoms. The lowest BCUT2D eigenvalue weighted by Crippen LogP contribution is -2.29. The highest BCUT2D eigenvalue weighted by Gasteiger charge is 2.47. The summed E-state index contributed by atoms with van der Waals surface area (Å²) in [6.07, 6.45) is 0. The van der Waals surface area contributed by atoms with E-state index in [1.165, 1.54) is 18.1 Å². The van der Waals surface area contributed by atoms with E-state index in [4.69, 9.17) is 39.5 Å². The SMILES string of the molecule is COc1c(Cl)cc(C)cc1/C(O)=C1\C(=O)C(=O)N(c2ccc(Cl)c(Cl)c2)C1c1ccccc1C. The Bertz CT molecular complexity index is 1370. The molecular weight excluding hydrogens is 497 g/mol. The van der Waals surface area contributed by atoms with E-state index in [1.54, 1.807) is 37.3 Å². The Hall–Kier alpha value is -2.99. The van der Waals surface area contributed by atoms with Crippen LogP contribution >= 0.6 is 34.8 Å². The summed E-state index contributed by atoms with van der Waals surface area (Å²) in [4.78, 5) is 28.0. The Kier molecular flexibility index (Phi) is 6.63. The Morgan fingerprint density at radius 2 is 1.65 bits per heavy atom. The van der Waals surface area contributed by atoms with Crippen LogP contribution in [-0.2, 0) is 9.59 Å². The van der Waals surface area contributed by atoms with E-state index in [-0.39, 0.29) is 32.7 Å². The van der Waals surface area contributed by atoms with E-state index in [1.807, 2.05) is 25.1 Å². The van der Waals surface area contributed by atoms with Crippen molar-refractivity contribution in [2.75, 3.05) is 12.0 Å². The number of rotatable bonds is 4. The van der Waals surface area contributed by atoms with Gasteiger partial charge < -0.3 is 9.84 Å². The predicted octanol–water partition coefficient (Wildman–Crippen LogP) is 6.90. The highest BCUT2D eigenvalue weighted by Crippen LogP contribution is 2.45. The van der Waals surface area contributed by atoms with E-state index >= 15 is 0 Å². The van der Waals surface area contributed by atoms with Gasteiger partial charge in [0.2, 0.25) is 0 Å². The molecule has 3 aromatic rings. The molecule has 1 heterocycles. The molecule has 5 nitrogen and oxygen atoms in total. The van der Waals surface area contributed by atoms with Crippen LogP contribution in [-0.4, -0.2) is 23.9 Å². The second-order valence-corrected chi connectivity index (χ2v) is 9.17. The number of benzene rings is 3. The highest BCUT2D eigenvalue weighted by atomic mass is 35.5. The van der Waals surface area contributed by atoms with Gasteiger partial charge in [-0.2, -0.15) is 0 Å². The minimum atomic E-state index is -0.914. The zero-order chi connectivity index (χ0) is 24.7. The summed E-state index contributed by atoms with van der Waals surface area (Å²) < 4.78 is 5.41. The second kappa shape index (κ2) is 9.34. The van der Waals surface area contributed by atoms with Crippen molar-refractivity contribution in [3.63, 3.8) is 0 Å². The number of aliphatic hydroxyl groups is 1. The summed E-state index contributed by atoms with van der Waals surface area (Å²) in [6.45, 7) is 3.67. The van der Waals surface area contributed by atoms with Gasteiger partial charge >= 0.3 is 0 Å². The van der Waals surface area contributed by atoms with E-state index in [0.29, 0.717) is 16.3 Å². The molecule has 1 N–H and O–H groups in total. The summed E-state index contributed by atoms with van der Waals surface area (Å²) in [5, 5.41) is 12.3. The molecule has 1 atom stereocenters. The number of hydrogen-bond acceptors (Lipinski definition) is 4. The second-order valence-electron chi connectivity index (χ2n) is 7.95. The lowest BCUT2D eigenvalue weighted by atomic mass is 9.92. The van der Waals surface area contributed by atoms with E-state index in [9.17, 15) is 14.7 Å². The molecule has 0 bridgehead atoms. The third-order valence-electron chi connectivity index (χ3n) is 5.76. The van der Waals surface area contributed by atoms with E-state index < -0.39 is 17.7 Å². The quantitative estimate of drug-likeness (QED) is 0.233. The van der Waals surface area contributed by atoms with Crippen molar-refractivity contribution < 1.29 is 19.4 Å². The highest BCUT2D eigenvalue weighted by molar-refractivity contribution is 6.52. The van der Waals surface area contributed by atoms with Crippen LogP contribution in [0.5, 0.6) is 5.75 Å². The zero-order valence-corrected chi connectivity index (χ0v) is 20.8. The van der Waals surface area contributed by atoms with Crippen LogP contribution in [0.25, 0.3) is 5.76 Å². The van der Waals surface area contributed by atoms with Gasteiger partial charge in [-0.1, -0.05) is 59.1 Å². The number of Topliss-reactive ketones (excluding diaryl/α,β-unsaturated/α-hetero) is 1. The van der Waals surface area contributed by atoms with Crippen molar-refractivity contribution in [1.82, 2.24) is 0 Å². The summed E-state index contributed by atoms with van der Waals surface area (Å²) in [7, 11) is 1.42. The number of aliphatic hydroxyl groups excluding tert-OH is 1. The molecular formula is C26H20Cl3NO4. The van der Waals surface area contributed by atoms with Crippen LogP contribution in [0.15, 0.2) is 60.2 Å². The molecule has 0 spiro atoms. The molecule has 4 rings (SSSR count). The maximum absolute atomic E-state index is 13.4. The van der Waals surface area contributed by atoms with Gasteiger partial charge in [0, 0.05) is 5.69 Å². The normalized spacial score (nSPS) is 17.4. The Labute approximate surface area is 212 Å². The first-order valence-electron chi connectivity index (χ1n) is 10.3. The van der Waals surface area contributed by atoms with Gasteiger partial charge in [0.1, 0.15) is 11.5 Å². The molecule has 0 saturated carbocycles. The van der Waals surface area contributed by atoms with Crippen LogP contribution in [0.1, 0.15) is 28.3 Å². The minimum Gasteiger partial charge on any atom is -0.507 e. The number of ketones is 1. The van der Waals surface area contributed by atoms with Gasteiger partial charge in [0.05, 0.1) is 39.4 Å². The number of ether oxygens (including phenoxy) is 1. The number of nitrogens with zero attached hydrogens (tertiary/aromatic N) is 1. The smallest absolute Gasteiger partial charge is 0.300 e. The molecule has 34 heavy (non-hydrogen) atoms. The molecule has 0 radical (unpaired) electrons. The fourth-order valence-electron chi connectivity index (χ4n) is 4.18. The lowest BCUT2D eigenvalue weighted by molar-refractivity contribution is -0.132. The number of carbonyl (C=O) groups excluding carboxylic acids is 2.